The Hall–Kier alpha value is -3.41. The number of amides is 1. The lowest BCUT2D eigenvalue weighted by molar-refractivity contribution is 0.0943. The minimum atomic E-state index is -0.528. The Labute approximate surface area is 184 Å². The Balaban J connectivity index is 1.52. The Morgan fingerprint density at radius 3 is 3.00 bits per heavy atom. The Bertz CT molecular complexity index is 1190. The standard InChI is InChI=1S/C22H21ClN6O2/c1-13-12-29(7-6-25-13)19-5-4-16-18(28-19)11-26-20(21(16)30)22(31)27-10-15-3-2-14(9-24)8-17(15)23/h2-5,8,11,13,25,30H,6-7,10,12H2,1H3,(H,27,31)/t13-/m0/s1. The number of fused-ring (bicyclic) bond motifs is 1. The number of benzene rings is 1. The molecule has 1 atom stereocenters. The maximum absolute atomic E-state index is 12.6. The van der Waals surface area contributed by atoms with Gasteiger partial charge in [-0.2, -0.15) is 5.26 Å². The first-order chi connectivity index (χ1) is 15.0. The average Bonchev–Trinajstić information content (AvgIpc) is 2.78. The van der Waals surface area contributed by atoms with E-state index in [-0.39, 0.29) is 18.0 Å². The van der Waals surface area contributed by atoms with E-state index < -0.39 is 5.91 Å². The third-order valence-corrected chi connectivity index (χ3v) is 5.59. The quantitative estimate of drug-likeness (QED) is 0.575. The zero-order valence-corrected chi connectivity index (χ0v) is 17.6. The van der Waals surface area contributed by atoms with Crippen LogP contribution in [0.25, 0.3) is 10.9 Å². The number of carbonyl (C=O) groups excluding carboxylic acids is 1. The van der Waals surface area contributed by atoms with Gasteiger partial charge >= 0.3 is 0 Å². The maximum Gasteiger partial charge on any atom is 0.274 e. The molecule has 0 saturated carbocycles. The van der Waals surface area contributed by atoms with Crippen LogP contribution < -0.4 is 15.5 Å². The van der Waals surface area contributed by atoms with Crippen molar-refractivity contribution >= 4 is 34.2 Å². The molecule has 0 aliphatic carbocycles. The highest BCUT2D eigenvalue weighted by molar-refractivity contribution is 6.31. The lowest BCUT2D eigenvalue weighted by atomic mass is 10.1. The van der Waals surface area contributed by atoms with Gasteiger partial charge in [0.05, 0.1) is 23.3 Å². The van der Waals surface area contributed by atoms with Crippen LogP contribution in [0.3, 0.4) is 0 Å². The van der Waals surface area contributed by atoms with Gasteiger partial charge in [-0.05, 0) is 36.8 Å². The van der Waals surface area contributed by atoms with Gasteiger partial charge in [0.1, 0.15) is 5.82 Å². The zero-order chi connectivity index (χ0) is 22.0. The topological polar surface area (TPSA) is 114 Å². The van der Waals surface area contributed by atoms with E-state index in [2.05, 4.69) is 32.4 Å². The number of nitrogens with one attached hydrogen (secondary N) is 2. The second-order valence-corrected chi connectivity index (χ2v) is 7.87. The summed E-state index contributed by atoms with van der Waals surface area (Å²) in [4.78, 5) is 23.5. The summed E-state index contributed by atoms with van der Waals surface area (Å²) in [6.07, 6.45) is 1.49. The van der Waals surface area contributed by atoms with Gasteiger partial charge in [0.25, 0.3) is 5.91 Å². The van der Waals surface area contributed by atoms with Crippen LogP contribution in [0.4, 0.5) is 5.82 Å². The molecule has 0 bridgehead atoms. The molecule has 1 aromatic carbocycles. The van der Waals surface area contributed by atoms with Gasteiger partial charge in [-0.25, -0.2) is 9.97 Å². The summed E-state index contributed by atoms with van der Waals surface area (Å²) in [7, 11) is 0. The lowest BCUT2D eigenvalue weighted by Gasteiger charge is -2.32. The number of aromatic nitrogens is 2. The molecule has 158 valence electrons. The first kappa shape index (κ1) is 20.8. The summed E-state index contributed by atoms with van der Waals surface area (Å²) in [6, 6.07) is 10.8. The number of carbonyl (C=O) groups is 1. The summed E-state index contributed by atoms with van der Waals surface area (Å²) in [5.41, 5.74) is 1.54. The number of piperazine rings is 1. The van der Waals surface area contributed by atoms with E-state index in [4.69, 9.17) is 16.9 Å². The van der Waals surface area contributed by atoms with Crippen molar-refractivity contribution in [1.29, 1.82) is 5.26 Å². The van der Waals surface area contributed by atoms with Crippen LogP contribution in [0.5, 0.6) is 5.75 Å². The number of aromatic hydroxyl groups is 1. The number of halogens is 1. The van der Waals surface area contributed by atoms with E-state index >= 15 is 0 Å². The Morgan fingerprint density at radius 1 is 1.42 bits per heavy atom. The molecule has 1 saturated heterocycles. The van der Waals surface area contributed by atoms with Crippen molar-refractivity contribution in [1.82, 2.24) is 20.6 Å². The number of anilines is 1. The fourth-order valence-electron chi connectivity index (χ4n) is 3.58. The Kier molecular flexibility index (Phi) is 5.89. The molecular weight excluding hydrogens is 416 g/mol. The Morgan fingerprint density at radius 2 is 2.26 bits per heavy atom. The van der Waals surface area contributed by atoms with Crippen LogP contribution in [0.2, 0.25) is 5.02 Å². The van der Waals surface area contributed by atoms with Crippen molar-refractivity contribution in [2.24, 2.45) is 0 Å². The van der Waals surface area contributed by atoms with E-state index in [1.54, 1.807) is 18.2 Å². The lowest BCUT2D eigenvalue weighted by Crippen LogP contribution is -2.49. The average molecular weight is 437 g/mol. The molecule has 3 aromatic rings. The zero-order valence-electron chi connectivity index (χ0n) is 16.9. The molecule has 1 amide bonds. The number of rotatable bonds is 4. The number of pyridine rings is 2. The number of hydrogen-bond donors (Lipinski definition) is 3. The third-order valence-electron chi connectivity index (χ3n) is 5.23. The molecule has 1 fully saturated rings. The molecule has 1 aliphatic rings. The highest BCUT2D eigenvalue weighted by Crippen LogP contribution is 2.28. The van der Waals surface area contributed by atoms with E-state index in [1.807, 2.05) is 12.1 Å². The fourth-order valence-corrected chi connectivity index (χ4v) is 3.83. The van der Waals surface area contributed by atoms with Gasteiger partial charge in [-0.1, -0.05) is 17.7 Å². The van der Waals surface area contributed by atoms with Gasteiger partial charge in [0.2, 0.25) is 0 Å². The largest absolute Gasteiger partial charge is 0.505 e. The predicted molar refractivity (Wildman–Crippen MR) is 118 cm³/mol. The normalized spacial score (nSPS) is 16.2. The van der Waals surface area contributed by atoms with E-state index in [0.717, 1.165) is 25.5 Å². The van der Waals surface area contributed by atoms with Crippen molar-refractivity contribution in [3.8, 4) is 11.8 Å². The molecule has 0 spiro atoms. The van der Waals surface area contributed by atoms with Gasteiger partial charge in [-0.3, -0.25) is 4.79 Å². The molecule has 31 heavy (non-hydrogen) atoms. The molecule has 9 heteroatoms. The van der Waals surface area contributed by atoms with Gasteiger partial charge < -0.3 is 20.6 Å². The minimum Gasteiger partial charge on any atom is -0.505 e. The number of hydrogen-bond acceptors (Lipinski definition) is 7. The summed E-state index contributed by atoms with van der Waals surface area (Å²) >= 11 is 6.15. The second-order valence-electron chi connectivity index (χ2n) is 7.46. The number of nitriles is 1. The monoisotopic (exact) mass is 436 g/mol. The predicted octanol–water partition coefficient (Wildman–Crippen LogP) is 2.59. The highest BCUT2D eigenvalue weighted by Gasteiger charge is 2.20. The van der Waals surface area contributed by atoms with Crippen LogP contribution >= 0.6 is 11.6 Å². The van der Waals surface area contributed by atoms with Crippen molar-refractivity contribution in [2.75, 3.05) is 24.5 Å². The van der Waals surface area contributed by atoms with Crippen molar-refractivity contribution in [3.05, 3.63) is 58.4 Å². The van der Waals surface area contributed by atoms with Crippen LogP contribution in [0.1, 0.15) is 28.5 Å². The van der Waals surface area contributed by atoms with E-state index in [1.165, 1.54) is 12.3 Å². The molecule has 2 aromatic heterocycles. The molecule has 3 N–H and O–H groups in total. The van der Waals surface area contributed by atoms with E-state index in [0.29, 0.717) is 33.1 Å². The molecule has 0 radical (unpaired) electrons. The molecule has 1 aliphatic heterocycles. The summed E-state index contributed by atoms with van der Waals surface area (Å²) < 4.78 is 0. The van der Waals surface area contributed by atoms with Gasteiger partial charge in [0.15, 0.2) is 11.4 Å². The van der Waals surface area contributed by atoms with Crippen LogP contribution in [-0.4, -0.2) is 46.7 Å². The molecule has 8 nitrogen and oxygen atoms in total. The highest BCUT2D eigenvalue weighted by atomic mass is 35.5. The minimum absolute atomic E-state index is 0.0809. The fraction of sp³-hybridized carbons (Fsp3) is 0.273. The SMILES string of the molecule is C[C@H]1CN(c2ccc3c(O)c(C(=O)NCc4ccc(C#N)cc4Cl)ncc3n2)CCN1. The molecular formula is C22H21ClN6O2. The van der Waals surface area contributed by atoms with Crippen molar-refractivity contribution < 1.29 is 9.90 Å². The first-order valence-electron chi connectivity index (χ1n) is 9.90. The van der Waals surface area contributed by atoms with Crippen LogP contribution in [0.15, 0.2) is 36.5 Å². The van der Waals surface area contributed by atoms with Gasteiger partial charge in [-0.15, -0.1) is 0 Å². The maximum atomic E-state index is 12.6. The molecule has 3 heterocycles. The third kappa shape index (κ3) is 4.38. The van der Waals surface area contributed by atoms with Crippen LogP contribution in [-0.2, 0) is 6.54 Å². The van der Waals surface area contributed by atoms with Crippen molar-refractivity contribution in [3.63, 3.8) is 0 Å². The summed E-state index contributed by atoms with van der Waals surface area (Å²) in [6.45, 7) is 4.83. The number of nitrogens with zero attached hydrogens (tertiary/aromatic N) is 4. The summed E-state index contributed by atoms with van der Waals surface area (Å²) in [5.74, 6) is 0.0724. The second kappa shape index (κ2) is 8.76. The first-order valence-corrected chi connectivity index (χ1v) is 10.3. The molecule has 0 unspecified atom stereocenters. The van der Waals surface area contributed by atoms with Crippen LogP contribution in [0, 0.1) is 11.3 Å². The van der Waals surface area contributed by atoms with E-state index in [9.17, 15) is 9.90 Å². The van der Waals surface area contributed by atoms with Crippen molar-refractivity contribution in [2.45, 2.75) is 19.5 Å². The van der Waals surface area contributed by atoms with Gasteiger partial charge in [0, 0.05) is 42.6 Å². The summed E-state index contributed by atoms with van der Waals surface area (Å²) in [5, 5.41) is 26.5. The molecule has 4 rings (SSSR count). The smallest absolute Gasteiger partial charge is 0.274 e.